The van der Waals surface area contributed by atoms with E-state index in [-0.39, 0.29) is 12.5 Å². The van der Waals surface area contributed by atoms with E-state index in [1.165, 1.54) is 21.7 Å². The Labute approximate surface area is 112 Å². The number of carbonyl (C=O) groups is 1. The van der Waals surface area contributed by atoms with E-state index in [2.05, 4.69) is 24.8 Å². The highest BCUT2D eigenvalue weighted by Crippen LogP contribution is 2.26. The van der Waals surface area contributed by atoms with Gasteiger partial charge >= 0.3 is 5.97 Å². The van der Waals surface area contributed by atoms with E-state index < -0.39 is 5.97 Å². The molecule has 2 rings (SSSR count). The molecule has 4 heteroatoms. The van der Waals surface area contributed by atoms with E-state index >= 15 is 0 Å². The highest BCUT2D eigenvalue weighted by molar-refractivity contribution is 7.12. The van der Waals surface area contributed by atoms with Crippen molar-refractivity contribution in [3.63, 3.8) is 0 Å². The van der Waals surface area contributed by atoms with Crippen molar-refractivity contribution in [2.24, 2.45) is 0 Å². The molecule has 1 aliphatic heterocycles. The van der Waals surface area contributed by atoms with Gasteiger partial charge in [-0.05, 0) is 44.9 Å². The third kappa shape index (κ3) is 3.33. The standard InChI is InChI=1S/C14H21NO2S/c1-10-7-12(11(2)18-10)9-15-6-4-3-5-13(15)8-14(16)17/h7,13H,3-6,8-9H2,1-2H3,(H,16,17). The molecular weight excluding hydrogens is 246 g/mol. The molecule has 0 saturated carbocycles. The summed E-state index contributed by atoms with van der Waals surface area (Å²) in [6.07, 6.45) is 3.66. The van der Waals surface area contributed by atoms with Crippen LogP contribution in [0.4, 0.5) is 0 Å². The van der Waals surface area contributed by atoms with Gasteiger partial charge in [0.15, 0.2) is 0 Å². The second-order valence-electron chi connectivity index (χ2n) is 5.16. The number of aliphatic carboxylic acids is 1. The lowest BCUT2D eigenvalue weighted by Gasteiger charge is -2.34. The van der Waals surface area contributed by atoms with Gasteiger partial charge in [0.25, 0.3) is 0 Å². The number of aryl methyl sites for hydroxylation is 2. The zero-order valence-electron chi connectivity index (χ0n) is 11.1. The molecule has 1 atom stereocenters. The van der Waals surface area contributed by atoms with Crippen LogP contribution in [0.1, 0.15) is 41.0 Å². The number of hydrogen-bond acceptors (Lipinski definition) is 3. The molecule has 0 spiro atoms. The lowest BCUT2D eigenvalue weighted by atomic mass is 9.98. The average molecular weight is 267 g/mol. The van der Waals surface area contributed by atoms with E-state index in [1.54, 1.807) is 0 Å². The van der Waals surface area contributed by atoms with Gasteiger partial charge in [0, 0.05) is 22.3 Å². The molecular formula is C14H21NO2S. The van der Waals surface area contributed by atoms with Crippen molar-refractivity contribution >= 4 is 17.3 Å². The Balaban J connectivity index is 2.05. The van der Waals surface area contributed by atoms with Crippen molar-refractivity contribution < 1.29 is 9.90 Å². The SMILES string of the molecule is Cc1cc(CN2CCCCC2CC(=O)O)c(C)s1. The summed E-state index contributed by atoms with van der Waals surface area (Å²) in [5.74, 6) is -0.676. The molecule has 1 aromatic rings. The zero-order chi connectivity index (χ0) is 13.1. The van der Waals surface area contributed by atoms with Gasteiger partial charge in [0.05, 0.1) is 6.42 Å². The molecule has 100 valence electrons. The van der Waals surface area contributed by atoms with E-state index in [0.717, 1.165) is 25.9 Å². The van der Waals surface area contributed by atoms with E-state index in [9.17, 15) is 4.79 Å². The fourth-order valence-corrected chi connectivity index (χ4v) is 3.70. The van der Waals surface area contributed by atoms with Crippen molar-refractivity contribution in [2.75, 3.05) is 6.54 Å². The fourth-order valence-electron chi connectivity index (χ4n) is 2.76. The van der Waals surface area contributed by atoms with Crippen molar-refractivity contribution in [3.05, 3.63) is 21.4 Å². The van der Waals surface area contributed by atoms with Crippen molar-refractivity contribution in [3.8, 4) is 0 Å². The molecule has 2 heterocycles. The maximum atomic E-state index is 10.9. The quantitative estimate of drug-likeness (QED) is 0.910. The molecule has 0 radical (unpaired) electrons. The Morgan fingerprint density at radius 2 is 2.28 bits per heavy atom. The summed E-state index contributed by atoms with van der Waals surface area (Å²) in [5.41, 5.74) is 1.37. The monoisotopic (exact) mass is 267 g/mol. The van der Waals surface area contributed by atoms with E-state index in [4.69, 9.17) is 5.11 Å². The Morgan fingerprint density at radius 1 is 1.50 bits per heavy atom. The Morgan fingerprint density at radius 3 is 2.89 bits per heavy atom. The van der Waals surface area contributed by atoms with Crippen LogP contribution in [0.25, 0.3) is 0 Å². The average Bonchev–Trinajstić information content (AvgIpc) is 2.59. The first-order valence-corrected chi connectivity index (χ1v) is 7.39. The smallest absolute Gasteiger partial charge is 0.304 e. The van der Waals surface area contributed by atoms with Gasteiger partial charge in [-0.25, -0.2) is 0 Å². The largest absolute Gasteiger partial charge is 0.481 e. The van der Waals surface area contributed by atoms with Crippen LogP contribution in [0.2, 0.25) is 0 Å². The van der Waals surface area contributed by atoms with Crippen molar-refractivity contribution in [1.82, 2.24) is 4.90 Å². The normalized spacial score (nSPS) is 21.1. The molecule has 1 fully saturated rings. The maximum Gasteiger partial charge on any atom is 0.304 e. The Hall–Kier alpha value is -0.870. The summed E-state index contributed by atoms with van der Waals surface area (Å²) >= 11 is 1.83. The number of carboxylic acid groups (broad SMARTS) is 1. The molecule has 18 heavy (non-hydrogen) atoms. The van der Waals surface area contributed by atoms with Gasteiger partial charge in [0.1, 0.15) is 0 Å². The van der Waals surface area contributed by atoms with Crippen molar-refractivity contribution in [2.45, 2.75) is 52.1 Å². The molecule has 0 aliphatic carbocycles. The molecule has 1 aromatic heterocycles. The van der Waals surface area contributed by atoms with E-state index in [0.29, 0.717) is 0 Å². The summed E-state index contributed by atoms with van der Waals surface area (Å²) in [6.45, 7) is 6.23. The molecule has 1 aliphatic rings. The summed E-state index contributed by atoms with van der Waals surface area (Å²) < 4.78 is 0. The van der Waals surface area contributed by atoms with Crippen LogP contribution in [-0.4, -0.2) is 28.6 Å². The first kappa shape index (κ1) is 13.6. The van der Waals surface area contributed by atoms with Crippen LogP contribution in [-0.2, 0) is 11.3 Å². The van der Waals surface area contributed by atoms with Crippen LogP contribution in [0.3, 0.4) is 0 Å². The molecule has 1 saturated heterocycles. The van der Waals surface area contributed by atoms with Gasteiger partial charge in [-0.2, -0.15) is 0 Å². The molecule has 0 amide bonds. The third-order valence-electron chi connectivity index (χ3n) is 3.68. The van der Waals surface area contributed by atoms with E-state index in [1.807, 2.05) is 11.3 Å². The predicted octanol–water partition coefficient (Wildman–Crippen LogP) is 3.19. The third-order valence-corrected chi connectivity index (χ3v) is 4.68. The highest BCUT2D eigenvalue weighted by atomic mass is 32.1. The first-order valence-electron chi connectivity index (χ1n) is 6.58. The van der Waals surface area contributed by atoms with Crippen LogP contribution >= 0.6 is 11.3 Å². The lowest BCUT2D eigenvalue weighted by molar-refractivity contribution is -0.138. The lowest BCUT2D eigenvalue weighted by Crippen LogP contribution is -2.40. The van der Waals surface area contributed by atoms with Gasteiger partial charge in [0.2, 0.25) is 0 Å². The number of likely N-dealkylation sites (tertiary alicyclic amines) is 1. The van der Waals surface area contributed by atoms with Gasteiger partial charge in [-0.3, -0.25) is 9.69 Å². The Kier molecular flexibility index (Phi) is 4.40. The van der Waals surface area contributed by atoms with Crippen LogP contribution in [0, 0.1) is 13.8 Å². The van der Waals surface area contributed by atoms with Gasteiger partial charge in [-0.15, -0.1) is 11.3 Å². The fraction of sp³-hybridized carbons (Fsp3) is 0.643. The maximum absolute atomic E-state index is 10.9. The number of carboxylic acids is 1. The Bertz CT molecular complexity index is 427. The minimum Gasteiger partial charge on any atom is -0.481 e. The van der Waals surface area contributed by atoms with Crippen LogP contribution in [0.5, 0.6) is 0 Å². The number of hydrogen-bond donors (Lipinski definition) is 1. The first-order chi connectivity index (χ1) is 8.56. The molecule has 3 nitrogen and oxygen atoms in total. The van der Waals surface area contributed by atoms with Gasteiger partial charge in [-0.1, -0.05) is 6.42 Å². The highest BCUT2D eigenvalue weighted by Gasteiger charge is 2.25. The second kappa shape index (κ2) is 5.85. The summed E-state index contributed by atoms with van der Waals surface area (Å²) in [5, 5.41) is 8.98. The summed E-state index contributed by atoms with van der Waals surface area (Å²) in [7, 11) is 0. The van der Waals surface area contributed by atoms with Crippen LogP contribution in [0.15, 0.2) is 6.07 Å². The second-order valence-corrected chi connectivity index (χ2v) is 6.62. The van der Waals surface area contributed by atoms with Crippen LogP contribution < -0.4 is 0 Å². The number of nitrogens with zero attached hydrogens (tertiary/aromatic N) is 1. The topological polar surface area (TPSA) is 40.5 Å². The summed E-state index contributed by atoms with van der Waals surface area (Å²) in [4.78, 5) is 16.0. The summed E-state index contributed by atoms with van der Waals surface area (Å²) in [6, 6.07) is 2.46. The minimum absolute atomic E-state index is 0.218. The number of thiophene rings is 1. The van der Waals surface area contributed by atoms with Gasteiger partial charge < -0.3 is 5.11 Å². The molecule has 1 unspecified atom stereocenters. The number of piperidine rings is 1. The predicted molar refractivity (Wildman–Crippen MR) is 74.1 cm³/mol. The minimum atomic E-state index is -0.676. The molecule has 0 bridgehead atoms. The molecule has 1 N–H and O–H groups in total. The zero-order valence-corrected chi connectivity index (χ0v) is 11.9. The number of rotatable bonds is 4. The molecule has 0 aromatic carbocycles. The van der Waals surface area contributed by atoms with Crippen molar-refractivity contribution in [1.29, 1.82) is 0 Å².